The minimum absolute atomic E-state index is 0.145. The number of esters is 1. The third kappa shape index (κ3) is 2.27. The third-order valence-electron chi connectivity index (χ3n) is 2.40. The van der Waals surface area contributed by atoms with E-state index in [0.717, 1.165) is 5.82 Å². The van der Waals surface area contributed by atoms with Crippen molar-refractivity contribution in [1.29, 1.82) is 0 Å². The number of aromatic amines is 1. The molecule has 7 nitrogen and oxygen atoms in total. The zero-order valence-electron chi connectivity index (χ0n) is 9.38. The number of nitrogen functional groups attached to an aromatic ring is 1. The second-order valence-electron chi connectivity index (χ2n) is 3.45. The average molecular weight is 235 g/mol. The predicted octanol–water partition coefficient (Wildman–Crippen LogP) is 0.218. The normalized spacial score (nSPS) is 10.4. The number of H-pyrrole nitrogens is 1. The van der Waals surface area contributed by atoms with Crippen LogP contribution < -0.4 is 5.73 Å². The van der Waals surface area contributed by atoms with Gasteiger partial charge >= 0.3 is 5.97 Å². The number of rotatable bonds is 4. The van der Waals surface area contributed by atoms with Crippen LogP contribution in [0.5, 0.6) is 0 Å². The van der Waals surface area contributed by atoms with Gasteiger partial charge in [0.2, 0.25) is 0 Å². The molecule has 0 saturated heterocycles. The highest BCUT2D eigenvalue weighted by Crippen LogP contribution is 2.11. The maximum atomic E-state index is 11.3. The highest BCUT2D eigenvalue weighted by Gasteiger charge is 2.15. The number of hydrogen-bond donors (Lipinski definition) is 2. The largest absolute Gasteiger partial charge is 0.464 e. The van der Waals surface area contributed by atoms with Crippen LogP contribution >= 0.6 is 0 Å². The molecule has 0 saturated carbocycles. The fraction of sp³-hybridized carbons (Fsp3) is 0.300. The number of carbonyl (C=O) groups is 1. The first-order chi connectivity index (χ1) is 8.22. The highest BCUT2D eigenvalue weighted by molar-refractivity contribution is 5.91. The van der Waals surface area contributed by atoms with Crippen molar-refractivity contribution in [3.63, 3.8) is 0 Å². The lowest BCUT2D eigenvalue weighted by molar-refractivity contribution is 0.0596. The van der Waals surface area contributed by atoms with Gasteiger partial charge in [0.1, 0.15) is 11.6 Å². The lowest BCUT2D eigenvalue weighted by Gasteiger charge is -2.03. The molecule has 90 valence electrons. The van der Waals surface area contributed by atoms with Gasteiger partial charge in [0.25, 0.3) is 0 Å². The van der Waals surface area contributed by atoms with Crippen LogP contribution in [0.15, 0.2) is 18.7 Å². The van der Waals surface area contributed by atoms with Crippen LogP contribution in [0.3, 0.4) is 0 Å². The van der Waals surface area contributed by atoms with Gasteiger partial charge in [0.05, 0.1) is 13.4 Å². The van der Waals surface area contributed by atoms with Crippen LogP contribution in [0.25, 0.3) is 0 Å². The van der Waals surface area contributed by atoms with Crippen molar-refractivity contribution >= 4 is 11.8 Å². The van der Waals surface area contributed by atoms with Crippen molar-refractivity contribution in [1.82, 2.24) is 19.5 Å². The van der Waals surface area contributed by atoms with E-state index in [1.54, 1.807) is 17.0 Å². The fourth-order valence-electron chi connectivity index (χ4n) is 1.48. The molecule has 17 heavy (non-hydrogen) atoms. The number of nitrogens with zero attached hydrogens (tertiary/aromatic N) is 3. The molecular weight excluding hydrogens is 222 g/mol. The van der Waals surface area contributed by atoms with Gasteiger partial charge in [0, 0.05) is 25.4 Å². The van der Waals surface area contributed by atoms with Crippen LogP contribution in [0.4, 0.5) is 5.82 Å². The fourth-order valence-corrected chi connectivity index (χ4v) is 1.48. The maximum Gasteiger partial charge on any atom is 0.360 e. The molecule has 0 spiro atoms. The molecule has 0 aliphatic heterocycles. The molecule has 7 heteroatoms. The van der Waals surface area contributed by atoms with Crippen LogP contribution in [-0.4, -0.2) is 32.6 Å². The molecular formula is C10H13N5O2. The molecule has 0 aromatic carbocycles. The van der Waals surface area contributed by atoms with E-state index in [1.165, 1.54) is 13.4 Å². The number of imidazole rings is 2. The van der Waals surface area contributed by atoms with E-state index in [9.17, 15) is 4.79 Å². The number of aryl methyl sites for hydroxylation is 2. The van der Waals surface area contributed by atoms with E-state index >= 15 is 0 Å². The summed E-state index contributed by atoms with van der Waals surface area (Å²) in [6.07, 6.45) is 5.65. The van der Waals surface area contributed by atoms with Gasteiger partial charge in [0.15, 0.2) is 5.69 Å². The van der Waals surface area contributed by atoms with Crippen LogP contribution in [0, 0.1) is 0 Å². The van der Waals surface area contributed by atoms with Crippen molar-refractivity contribution in [2.24, 2.45) is 0 Å². The molecule has 3 N–H and O–H groups in total. The van der Waals surface area contributed by atoms with Gasteiger partial charge in [-0.05, 0) is 0 Å². The van der Waals surface area contributed by atoms with Gasteiger partial charge < -0.3 is 20.0 Å². The Hall–Kier alpha value is -2.31. The molecule has 0 aliphatic carbocycles. The number of hydrogen-bond acceptors (Lipinski definition) is 5. The lowest BCUT2D eigenvalue weighted by atomic mass is 10.4. The SMILES string of the molecule is COC(=O)c1ncn(CCc2ncc[nH]2)c1N. The predicted molar refractivity (Wildman–Crippen MR) is 60.3 cm³/mol. The summed E-state index contributed by atoms with van der Waals surface area (Å²) >= 11 is 0. The monoisotopic (exact) mass is 235 g/mol. The molecule has 0 bridgehead atoms. The maximum absolute atomic E-state index is 11.3. The minimum Gasteiger partial charge on any atom is -0.464 e. The van der Waals surface area contributed by atoms with Gasteiger partial charge in [-0.1, -0.05) is 0 Å². The number of carbonyl (C=O) groups excluding carboxylic acids is 1. The summed E-state index contributed by atoms with van der Waals surface area (Å²) in [7, 11) is 1.30. The van der Waals surface area contributed by atoms with Crippen LogP contribution in [0.2, 0.25) is 0 Å². The van der Waals surface area contributed by atoms with Crippen LogP contribution in [-0.2, 0) is 17.7 Å². The van der Waals surface area contributed by atoms with Crippen molar-refractivity contribution in [2.45, 2.75) is 13.0 Å². The van der Waals surface area contributed by atoms with Crippen LogP contribution in [0.1, 0.15) is 16.3 Å². The van der Waals surface area contributed by atoms with E-state index in [2.05, 4.69) is 19.7 Å². The summed E-state index contributed by atoms with van der Waals surface area (Å²) in [4.78, 5) is 22.3. The number of nitrogens with two attached hydrogens (primary N) is 1. The molecule has 2 rings (SSSR count). The first-order valence-corrected chi connectivity index (χ1v) is 5.09. The summed E-state index contributed by atoms with van der Waals surface area (Å²) in [5.74, 6) is 0.639. The van der Waals surface area contributed by atoms with Crippen molar-refractivity contribution in [3.8, 4) is 0 Å². The molecule has 2 aromatic rings. The average Bonchev–Trinajstić information content (AvgIpc) is 2.95. The number of ether oxygens (including phenoxy) is 1. The quantitative estimate of drug-likeness (QED) is 0.738. The zero-order valence-corrected chi connectivity index (χ0v) is 9.38. The summed E-state index contributed by atoms with van der Waals surface area (Å²) in [6.45, 7) is 0.601. The summed E-state index contributed by atoms with van der Waals surface area (Å²) in [5, 5.41) is 0. The second-order valence-corrected chi connectivity index (χ2v) is 3.45. The van der Waals surface area contributed by atoms with Gasteiger partial charge in [-0.15, -0.1) is 0 Å². The Bertz CT molecular complexity index is 503. The Balaban J connectivity index is 2.07. The van der Waals surface area contributed by atoms with Gasteiger partial charge in [-0.3, -0.25) is 0 Å². The highest BCUT2D eigenvalue weighted by atomic mass is 16.5. The lowest BCUT2D eigenvalue weighted by Crippen LogP contribution is -2.09. The molecule has 0 unspecified atom stereocenters. The summed E-state index contributed by atoms with van der Waals surface area (Å²) in [6, 6.07) is 0. The minimum atomic E-state index is -0.528. The standard InChI is InChI=1S/C10H13N5O2/c1-17-10(16)8-9(11)15(6-14-8)5-2-7-12-3-4-13-7/h3-4,6H,2,5,11H2,1H3,(H,12,13). The first-order valence-electron chi connectivity index (χ1n) is 5.09. The Morgan fingerprint density at radius 3 is 3.06 bits per heavy atom. The molecule has 2 aromatic heterocycles. The number of aromatic nitrogens is 4. The van der Waals surface area contributed by atoms with Crippen molar-refractivity contribution < 1.29 is 9.53 Å². The Morgan fingerprint density at radius 2 is 2.41 bits per heavy atom. The topological polar surface area (TPSA) is 98.8 Å². The second kappa shape index (κ2) is 4.69. The third-order valence-corrected chi connectivity index (χ3v) is 2.40. The zero-order chi connectivity index (χ0) is 12.3. The molecule has 2 heterocycles. The van der Waals surface area contributed by atoms with Gasteiger partial charge in [-0.2, -0.15) is 0 Å². The molecule has 0 aliphatic rings. The van der Waals surface area contributed by atoms with E-state index in [0.29, 0.717) is 18.8 Å². The number of nitrogens with one attached hydrogen (secondary N) is 1. The molecule has 0 fully saturated rings. The van der Waals surface area contributed by atoms with E-state index in [1.807, 2.05) is 0 Å². The summed E-state index contributed by atoms with van der Waals surface area (Å²) in [5.41, 5.74) is 5.93. The molecule has 0 atom stereocenters. The Kier molecular flexibility index (Phi) is 3.08. The van der Waals surface area contributed by atoms with E-state index < -0.39 is 5.97 Å². The number of methoxy groups -OCH3 is 1. The Morgan fingerprint density at radius 1 is 1.59 bits per heavy atom. The smallest absolute Gasteiger partial charge is 0.360 e. The van der Waals surface area contributed by atoms with Crippen molar-refractivity contribution in [3.05, 3.63) is 30.2 Å². The first kappa shape index (κ1) is 11.2. The number of anilines is 1. The van der Waals surface area contributed by atoms with Crippen molar-refractivity contribution in [2.75, 3.05) is 12.8 Å². The Labute approximate surface area is 97.6 Å². The van der Waals surface area contributed by atoms with E-state index in [-0.39, 0.29) is 5.69 Å². The molecule has 0 radical (unpaired) electrons. The van der Waals surface area contributed by atoms with E-state index in [4.69, 9.17) is 5.73 Å². The summed E-state index contributed by atoms with van der Waals surface area (Å²) < 4.78 is 6.26. The van der Waals surface area contributed by atoms with Gasteiger partial charge in [-0.25, -0.2) is 14.8 Å². The molecule has 0 amide bonds.